The highest BCUT2D eigenvalue weighted by atomic mass is 79.9. The summed E-state index contributed by atoms with van der Waals surface area (Å²) in [7, 11) is 0. The Bertz CT molecular complexity index is 1320. The fourth-order valence-corrected chi connectivity index (χ4v) is 4.48. The minimum Gasteiger partial charge on any atom is -0.322 e. The van der Waals surface area contributed by atoms with Crippen LogP contribution in [0.5, 0.6) is 0 Å². The normalized spacial score (nSPS) is 18.2. The number of pyridine rings is 1. The van der Waals surface area contributed by atoms with Gasteiger partial charge in [-0.25, -0.2) is 0 Å². The Labute approximate surface area is 186 Å². The van der Waals surface area contributed by atoms with Crippen LogP contribution in [0.15, 0.2) is 92.3 Å². The molecule has 148 valence electrons. The molecule has 30 heavy (non-hydrogen) atoms. The van der Waals surface area contributed by atoms with E-state index in [0.29, 0.717) is 17.0 Å². The van der Waals surface area contributed by atoms with Crippen LogP contribution in [0, 0.1) is 0 Å². The number of benzene rings is 3. The molecule has 4 nitrogen and oxygen atoms in total. The van der Waals surface area contributed by atoms with Gasteiger partial charge in [0.2, 0.25) is 0 Å². The van der Waals surface area contributed by atoms with Gasteiger partial charge < -0.3 is 4.98 Å². The number of azo groups is 1. The van der Waals surface area contributed by atoms with Crippen LogP contribution in [-0.4, -0.2) is 4.98 Å². The molecule has 5 rings (SSSR count). The van der Waals surface area contributed by atoms with Crippen LogP contribution in [0.25, 0.3) is 22.0 Å². The number of halogens is 2. The van der Waals surface area contributed by atoms with E-state index in [9.17, 15) is 4.79 Å². The Morgan fingerprint density at radius 2 is 1.67 bits per heavy atom. The Hall–Kier alpha value is -2.76. The van der Waals surface area contributed by atoms with Gasteiger partial charge >= 0.3 is 0 Å². The Balaban J connectivity index is 1.66. The topological polar surface area (TPSA) is 57.6 Å². The number of nitrogens with zero attached hydrogens (tertiary/aromatic N) is 2. The minimum atomic E-state index is -0.319. The van der Waals surface area contributed by atoms with Crippen LogP contribution in [0.2, 0.25) is 5.02 Å². The second-order valence-corrected chi connectivity index (χ2v) is 8.70. The summed E-state index contributed by atoms with van der Waals surface area (Å²) in [4.78, 5) is 16.2. The third-order valence-electron chi connectivity index (χ3n) is 5.46. The van der Waals surface area contributed by atoms with E-state index in [-0.39, 0.29) is 17.6 Å². The zero-order chi connectivity index (χ0) is 20.7. The molecule has 0 aliphatic carbocycles. The van der Waals surface area contributed by atoms with Crippen LogP contribution in [0.4, 0.5) is 0 Å². The first-order valence-electron chi connectivity index (χ1n) is 9.66. The molecule has 2 atom stereocenters. The Morgan fingerprint density at radius 3 is 2.43 bits per heavy atom. The highest BCUT2D eigenvalue weighted by Crippen LogP contribution is 2.42. The number of hydrogen-bond acceptors (Lipinski definition) is 3. The standard InChI is InChI=1S/C24H17BrClN3O/c25-16-8-6-14(7-9-16)20-13-21(29-28-20)23-22(15-4-2-1-3-5-15)18-12-17(26)10-11-19(18)27-24(23)30/h1-12,20-21H,13H2,(H,27,30). The van der Waals surface area contributed by atoms with Crippen LogP contribution >= 0.6 is 27.5 Å². The van der Waals surface area contributed by atoms with Crippen molar-refractivity contribution >= 4 is 38.4 Å². The lowest BCUT2D eigenvalue weighted by atomic mass is 9.90. The van der Waals surface area contributed by atoms with Crippen molar-refractivity contribution in [2.45, 2.75) is 18.5 Å². The summed E-state index contributed by atoms with van der Waals surface area (Å²) < 4.78 is 1.02. The number of H-pyrrole nitrogens is 1. The minimum absolute atomic E-state index is 0.0684. The summed E-state index contributed by atoms with van der Waals surface area (Å²) in [5.74, 6) is 0. The molecule has 2 unspecified atom stereocenters. The first kappa shape index (κ1) is 19.2. The second kappa shape index (κ2) is 7.82. The largest absolute Gasteiger partial charge is 0.322 e. The molecular formula is C24H17BrClN3O. The van der Waals surface area contributed by atoms with E-state index in [2.05, 4.69) is 31.1 Å². The first-order valence-corrected chi connectivity index (χ1v) is 10.8. The van der Waals surface area contributed by atoms with E-state index < -0.39 is 0 Å². The molecule has 0 radical (unpaired) electrons. The van der Waals surface area contributed by atoms with Gasteiger partial charge in [-0.1, -0.05) is 70.0 Å². The SMILES string of the molecule is O=c1[nH]c2ccc(Cl)cc2c(-c2ccccc2)c1C1CC(c2ccc(Br)cc2)N=N1. The molecule has 1 aliphatic rings. The third-order valence-corrected chi connectivity index (χ3v) is 6.22. The summed E-state index contributed by atoms with van der Waals surface area (Å²) in [6.07, 6.45) is 0.649. The first-order chi connectivity index (χ1) is 14.6. The molecular weight excluding hydrogens is 462 g/mol. The molecule has 4 aromatic rings. The quantitative estimate of drug-likeness (QED) is 0.331. The second-order valence-electron chi connectivity index (χ2n) is 7.35. The number of aromatic nitrogens is 1. The maximum atomic E-state index is 13.2. The zero-order valence-electron chi connectivity index (χ0n) is 15.8. The van der Waals surface area contributed by atoms with Crippen molar-refractivity contribution in [1.82, 2.24) is 4.98 Å². The fraction of sp³-hybridized carbons (Fsp3) is 0.125. The lowest BCUT2D eigenvalue weighted by molar-refractivity contribution is 0.655. The summed E-state index contributed by atoms with van der Waals surface area (Å²) >= 11 is 9.77. The molecule has 0 amide bonds. The molecule has 1 aliphatic heterocycles. The molecule has 1 N–H and O–H groups in total. The van der Waals surface area contributed by atoms with Crippen molar-refractivity contribution in [2.75, 3.05) is 0 Å². The van der Waals surface area contributed by atoms with Gasteiger partial charge in [0.15, 0.2) is 0 Å². The van der Waals surface area contributed by atoms with Crippen LogP contribution in [0.3, 0.4) is 0 Å². The lowest BCUT2D eigenvalue weighted by Gasteiger charge is -2.16. The highest BCUT2D eigenvalue weighted by Gasteiger charge is 2.30. The van der Waals surface area contributed by atoms with Crippen LogP contribution < -0.4 is 5.56 Å². The zero-order valence-corrected chi connectivity index (χ0v) is 18.2. The monoisotopic (exact) mass is 477 g/mol. The van der Waals surface area contributed by atoms with Crippen molar-refractivity contribution in [3.8, 4) is 11.1 Å². The van der Waals surface area contributed by atoms with Gasteiger partial charge in [0.05, 0.1) is 11.6 Å². The molecule has 2 heterocycles. The van der Waals surface area contributed by atoms with Gasteiger partial charge in [-0.05, 0) is 41.5 Å². The van der Waals surface area contributed by atoms with E-state index in [1.165, 1.54) is 0 Å². The fourth-order valence-electron chi connectivity index (χ4n) is 4.04. The molecule has 6 heteroatoms. The van der Waals surface area contributed by atoms with Crippen molar-refractivity contribution in [1.29, 1.82) is 0 Å². The van der Waals surface area contributed by atoms with Gasteiger partial charge in [0.1, 0.15) is 6.04 Å². The summed E-state index contributed by atoms with van der Waals surface area (Å²) in [6.45, 7) is 0. The Kier molecular flexibility index (Phi) is 5.01. The summed E-state index contributed by atoms with van der Waals surface area (Å²) in [5.41, 5.74) is 4.19. The van der Waals surface area contributed by atoms with Crippen molar-refractivity contribution in [3.63, 3.8) is 0 Å². The lowest BCUT2D eigenvalue weighted by Crippen LogP contribution is -2.17. The average molecular weight is 479 g/mol. The van der Waals surface area contributed by atoms with Crippen molar-refractivity contribution < 1.29 is 0 Å². The molecule has 0 bridgehead atoms. The van der Waals surface area contributed by atoms with Crippen LogP contribution in [0.1, 0.15) is 29.6 Å². The number of rotatable bonds is 3. The maximum Gasteiger partial charge on any atom is 0.254 e. The molecule has 0 fully saturated rings. The third kappa shape index (κ3) is 3.48. The van der Waals surface area contributed by atoms with Gasteiger partial charge in [-0.3, -0.25) is 4.79 Å². The number of fused-ring (bicyclic) bond motifs is 1. The van der Waals surface area contributed by atoms with E-state index >= 15 is 0 Å². The Morgan fingerprint density at radius 1 is 0.933 bits per heavy atom. The predicted octanol–water partition coefficient (Wildman–Crippen LogP) is 7.25. The molecule has 1 aromatic heterocycles. The van der Waals surface area contributed by atoms with Gasteiger partial charge in [0.25, 0.3) is 5.56 Å². The summed E-state index contributed by atoms with van der Waals surface area (Å²) in [6, 6.07) is 23.1. The molecule has 0 saturated carbocycles. The predicted molar refractivity (Wildman–Crippen MR) is 124 cm³/mol. The van der Waals surface area contributed by atoms with Crippen molar-refractivity contribution in [3.05, 3.63) is 104 Å². The van der Waals surface area contributed by atoms with E-state index in [4.69, 9.17) is 11.6 Å². The van der Waals surface area contributed by atoms with Gasteiger partial charge in [-0.15, -0.1) is 0 Å². The van der Waals surface area contributed by atoms with E-state index in [1.807, 2.05) is 66.7 Å². The molecule has 0 saturated heterocycles. The van der Waals surface area contributed by atoms with Gasteiger partial charge in [-0.2, -0.15) is 10.2 Å². The summed E-state index contributed by atoms with van der Waals surface area (Å²) in [5, 5.41) is 10.6. The van der Waals surface area contributed by atoms with Gasteiger partial charge in [0, 0.05) is 32.4 Å². The molecule has 0 spiro atoms. The smallest absolute Gasteiger partial charge is 0.254 e. The van der Waals surface area contributed by atoms with E-state index in [0.717, 1.165) is 32.1 Å². The molecule has 3 aromatic carbocycles. The highest BCUT2D eigenvalue weighted by molar-refractivity contribution is 9.10. The van der Waals surface area contributed by atoms with Crippen molar-refractivity contribution in [2.24, 2.45) is 10.2 Å². The maximum absolute atomic E-state index is 13.2. The number of hydrogen-bond donors (Lipinski definition) is 1. The van der Waals surface area contributed by atoms with E-state index in [1.54, 1.807) is 6.07 Å². The number of nitrogens with one attached hydrogen (secondary N) is 1. The average Bonchev–Trinajstić information content (AvgIpc) is 3.24. The van der Waals surface area contributed by atoms with Crippen LogP contribution in [-0.2, 0) is 0 Å². The number of aromatic amines is 1.